The number of anilines is 1. The van der Waals surface area contributed by atoms with Crippen molar-refractivity contribution in [2.45, 2.75) is 19.8 Å². The van der Waals surface area contributed by atoms with Crippen molar-refractivity contribution in [1.82, 2.24) is 5.32 Å². The fourth-order valence-corrected chi connectivity index (χ4v) is 3.86. The molecule has 168 valence electrons. The maximum atomic E-state index is 13.7. The number of hydrogen-bond donors (Lipinski definition) is 2. The summed E-state index contributed by atoms with van der Waals surface area (Å²) in [6, 6.07) is 12.5. The first-order valence-electron chi connectivity index (χ1n) is 9.64. The van der Waals surface area contributed by atoms with Crippen LogP contribution in [0, 0.1) is 36.8 Å². The molecule has 9 heteroatoms. The minimum Gasteiger partial charge on any atom is -0.306 e. The lowest BCUT2D eigenvalue weighted by Crippen LogP contribution is -2.35. The minimum absolute atomic E-state index is 0.0436. The van der Waals surface area contributed by atoms with Crippen molar-refractivity contribution in [3.8, 4) is 6.07 Å². The van der Waals surface area contributed by atoms with Crippen LogP contribution in [0.4, 0.5) is 19.3 Å². The van der Waals surface area contributed by atoms with Gasteiger partial charge in [0.2, 0.25) is 0 Å². The second-order valence-electron chi connectivity index (χ2n) is 7.28. The van der Waals surface area contributed by atoms with E-state index in [1.54, 1.807) is 0 Å². The Morgan fingerprint density at radius 1 is 0.970 bits per heavy atom. The number of hydrogen-bond acceptors (Lipinski definition) is 3. The van der Waals surface area contributed by atoms with E-state index in [1.165, 1.54) is 12.1 Å². The third kappa shape index (κ3) is 5.30. The van der Waals surface area contributed by atoms with E-state index >= 15 is 0 Å². The summed E-state index contributed by atoms with van der Waals surface area (Å²) in [6.07, 6.45) is 0. The van der Waals surface area contributed by atoms with Crippen LogP contribution < -0.4 is 10.6 Å². The zero-order chi connectivity index (χ0) is 24.3. The zero-order valence-corrected chi connectivity index (χ0v) is 19.0. The van der Waals surface area contributed by atoms with E-state index in [1.807, 2.05) is 37.4 Å². The van der Waals surface area contributed by atoms with Gasteiger partial charge in [0.15, 0.2) is 0 Å². The average Bonchev–Trinajstić information content (AvgIpc) is 2.73. The third-order valence-electron chi connectivity index (χ3n) is 4.93. The van der Waals surface area contributed by atoms with Gasteiger partial charge in [-0.3, -0.25) is 10.1 Å². The fourth-order valence-electron chi connectivity index (χ4n) is 3.37. The van der Waals surface area contributed by atoms with Crippen molar-refractivity contribution in [3.63, 3.8) is 0 Å². The van der Waals surface area contributed by atoms with Crippen LogP contribution in [-0.2, 0) is 0 Å². The predicted molar refractivity (Wildman–Crippen MR) is 123 cm³/mol. The molecule has 0 fully saturated rings. The smallest absolute Gasteiger partial charge is 0.306 e. The molecule has 1 atom stereocenters. The number of carbonyl (C=O) groups excluding carboxylic acids is 2. The van der Waals surface area contributed by atoms with Crippen LogP contribution in [-0.4, -0.2) is 11.9 Å². The van der Waals surface area contributed by atoms with Crippen molar-refractivity contribution in [1.29, 1.82) is 5.26 Å². The van der Waals surface area contributed by atoms with Crippen molar-refractivity contribution in [2.75, 3.05) is 5.32 Å². The molecule has 0 aromatic heterocycles. The summed E-state index contributed by atoms with van der Waals surface area (Å²) in [7, 11) is 0. The first kappa shape index (κ1) is 24.2. The lowest BCUT2D eigenvalue weighted by atomic mass is 9.88. The summed E-state index contributed by atoms with van der Waals surface area (Å²) >= 11 is 12.7. The van der Waals surface area contributed by atoms with Gasteiger partial charge in [0.1, 0.15) is 17.2 Å². The van der Waals surface area contributed by atoms with Gasteiger partial charge in [-0.2, -0.15) is 5.26 Å². The molecule has 3 rings (SSSR count). The molecule has 1 unspecified atom stereocenters. The number of imide groups is 1. The molecule has 33 heavy (non-hydrogen) atoms. The number of rotatable bonds is 4. The van der Waals surface area contributed by atoms with Gasteiger partial charge in [-0.25, -0.2) is 13.6 Å². The standard InChI is InChI=1S/C24H17Cl2F2N3O2/c1-12-6-7-14(13(2)8-12)16(11-29)15-9-18(26)21(10-17(15)25)30-24(33)31-23(32)22-19(27)4-3-5-20(22)28/h3-10,16H,1-2H3,(H2,30,31,32,33). The van der Waals surface area contributed by atoms with Gasteiger partial charge in [0.05, 0.1) is 22.7 Å². The molecule has 3 aromatic rings. The Balaban J connectivity index is 1.83. The Bertz CT molecular complexity index is 1290. The molecule has 3 amide bonds. The number of amides is 3. The Morgan fingerprint density at radius 3 is 2.24 bits per heavy atom. The third-order valence-corrected chi connectivity index (χ3v) is 5.57. The van der Waals surface area contributed by atoms with Crippen molar-refractivity contribution >= 4 is 40.8 Å². The van der Waals surface area contributed by atoms with Gasteiger partial charge in [0.25, 0.3) is 5.91 Å². The van der Waals surface area contributed by atoms with Crippen LogP contribution >= 0.6 is 23.2 Å². The highest BCUT2D eigenvalue weighted by molar-refractivity contribution is 6.36. The highest BCUT2D eigenvalue weighted by Crippen LogP contribution is 2.37. The van der Waals surface area contributed by atoms with Gasteiger partial charge in [0, 0.05) is 5.02 Å². The minimum atomic E-state index is -1.26. The molecule has 5 nitrogen and oxygen atoms in total. The number of nitrogens with one attached hydrogen (secondary N) is 2. The van der Waals surface area contributed by atoms with Crippen LogP contribution in [0.1, 0.15) is 38.5 Å². The summed E-state index contributed by atoms with van der Waals surface area (Å²) in [6.45, 7) is 3.83. The summed E-state index contributed by atoms with van der Waals surface area (Å²) in [5, 5.41) is 14.1. The molecule has 0 saturated carbocycles. The van der Waals surface area contributed by atoms with E-state index in [2.05, 4.69) is 11.4 Å². The number of nitriles is 1. The number of urea groups is 1. The second kappa shape index (κ2) is 9.99. The molecule has 0 aliphatic carbocycles. The summed E-state index contributed by atoms with van der Waals surface area (Å²) in [5.41, 5.74) is 2.31. The van der Waals surface area contributed by atoms with Gasteiger partial charge in [-0.15, -0.1) is 0 Å². The van der Waals surface area contributed by atoms with Crippen molar-refractivity contribution < 1.29 is 18.4 Å². The fraction of sp³-hybridized carbons (Fsp3) is 0.125. The maximum absolute atomic E-state index is 13.7. The number of halogens is 4. The highest BCUT2D eigenvalue weighted by atomic mass is 35.5. The molecular formula is C24H17Cl2F2N3O2. The predicted octanol–water partition coefficient (Wildman–Crippen LogP) is 6.51. The molecule has 2 N–H and O–H groups in total. The van der Waals surface area contributed by atoms with E-state index in [9.17, 15) is 23.6 Å². The summed E-state index contributed by atoms with van der Waals surface area (Å²) in [4.78, 5) is 24.3. The topological polar surface area (TPSA) is 82.0 Å². The average molecular weight is 488 g/mol. The Kier molecular flexibility index (Phi) is 7.32. The highest BCUT2D eigenvalue weighted by Gasteiger charge is 2.22. The first-order chi connectivity index (χ1) is 15.6. The van der Waals surface area contributed by atoms with E-state index in [-0.39, 0.29) is 15.7 Å². The largest absolute Gasteiger partial charge is 0.326 e. The van der Waals surface area contributed by atoms with Crippen LogP contribution in [0.25, 0.3) is 0 Å². The van der Waals surface area contributed by atoms with E-state index in [0.29, 0.717) is 5.56 Å². The van der Waals surface area contributed by atoms with E-state index in [4.69, 9.17) is 23.2 Å². The van der Waals surface area contributed by atoms with E-state index < -0.39 is 35.1 Å². The monoisotopic (exact) mass is 487 g/mol. The Hall–Kier alpha value is -3.47. The normalized spacial score (nSPS) is 11.4. The van der Waals surface area contributed by atoms with Crippen LogP contribution in [0.2, 0.25) is 10.0 Å². The number of benzene rings is 3. The lowest BCUT2D eigenvalue weighted by molar-refractivity contribution is 0.0959. The van der Waals surface area contributed by atoms with Crippen molar-refractivity contribution in [2.24, 2.45) is 0 Å². The van der Waals surface area contributed by atoms with Gasteiger partial charge in [-0.1, -0.05) is 53.0 Å². The summed E-state index contributed by atoms with van der Waals surface area (Å²) in [5.74, 6) is -4.19. The number of carbonyl (C=O) groups is 2. The lowest BCUT2D eigenvalue weighted by Gasteiger charge is -2.17. The molecule has 3 aromatic carbocycles. The summed E-state index contributed by atoms with van der Waals surface area (Å²) < 4.78 is 27.5. The van der Waals surface area contributed by atoms with Gasteiger partial charge in [-0.05, 0) is 54.8 Å². The molecule has 0 radical (unpaired) electrons. The second-order valence-corrected chi connectivity index (χ2v) is 8.10. The number of nitrogens with zero attached hydrogens (tertiary/aromatic N) is 1. The van der Waals surface area contributed by atoms with Crippen LogP contribution in [0.15, 0.2) is 48.5 Å². The van der Waals surface area contributed by atoms with Gasteiger partial charge >= 0.3 is 6.03 Å². The molecule has 0 heterocycles. The molecule has 0 bridgehead atoms. The SMILES string of the molecule is Cc1ccc(C(C#N)c2cc(Cl)c(NC(=O)NC(=O)c3c(F)cccc3F)cc2Cl)c(C)c1. The molecule has 0 aliphatic rings. The van der Waals surface area contributed by atoms with Crippen LogP contribution in [0.5, 0.6) is 0 Å². The molecule has 0 aliphatic heterocycles. The molecule has 0 spiro atoms. The Labute approximate surface area is 198 Å². The van der Waals surface area contributed by atoms with Gasteiger partial charge < -0.3 is 5.32 Å². The zero-order valence-electron chi connectivity index (χ0n) is 17.5. The van der Waals surface area contributed by atoms with Crippen molar-refractivity contribution in [3.05, 3.63) is 98.0 Å². The van der Waals surface area contributed by atoms with E-state index in [0.717, 1.165) is 34.9 Å². The quantitative estimate of drug-likeness (QED) is 0.440. The number of aryl methyl sites for hydroxylation is 2. The molecule has 0 saturated heterocycles. The first-order valence-corrected chi connectivity index (χ1v) is 10.4. The maximum Gasteiger partial charge on any atom is 0.326 e. The van der Waals surface area contributed by atoms with Crippen LogP contribution in [0.3, 0.4) is 0 Å². The Morgan fingerprint density at radius 2 is 1.64 bits per heavy atom. The molecular weight excluding hydrogens is 471 g/mol.